The molecule has 0 saturated heterocycles. The van der Waals surface area contributed by atoms with Crippen LogP contribution in [-0.2, 0) is 9.59 Å². The number of rotatable bonds is 7. The van der Waals surface area contributed by atoms with Crippen molar-refractivity contribution in [3.63, 3.8) is 0 Å². The molecule has 0 spiro atoms. The van der Waals surface area contributed by atoms with Gasteiger partial charge in [0.1, 0.15) is 0 Å². The fourth-order valence-electron chi connectivity index (χ4n) is 0.906. The molecular weight excluding hydrogens is 222 g/mol. The summed E-state index contributed by atoms with van der Waals surface area (Å²) in [6, 6.07) is 0. The van der Waals surface area contributed by atoms with Gasteiger partial charge in [0.25, 0.3) is 5.09 Å². The zero-order chi connectivity index (χ0) is 13.0. The molecule has 0 atom stereocenters. The normalized spacial score (nSPS) is 8.75. The molecule has 0 bridgehead atoms. The molecule has 0 rings (SSSR count). The summed E-state index contributed by atoms with van der Waals surface area (Å²) in [5.41, 5.74) is 0. The van der Waals surface area contributed by atoms with Gasteiger partial charge in [-0.05, 0) is 12.8 Å². The molecule has 0 aliphatic carbocycles. The van der Waals surface area contributed by atoms with Crippen molar-refractivity contribution < 1.29 is 30.1 Å². The predicted octanol–water partition coefficient (Wildman–Crippen LogP) is 1.15. The minimum atomic E-state index is -1.50. The lowest BCUT2D eigenvalue weighted by Crippen LogP contribution is -1.95. The molecule has 0 aromatic rings. The zero-order valence-electron chi connectivity index (χ0n) is 8.66. The first kappa shape index (κ1) is 16.6. The molecule has 16 heavy (non-hydrogen) atoms. The molecule has 0 aromatic carbocycles. The van der Waals surface area contributed by atoms with Crippen molar-refractivity contribution in [3.05, 3.63) is 10.1 Å². The average molecular weight is 237 g/mol. The van der Waals surface area contributed by atoms with Gasteiger partial charge in [-0.15, -0.1) is 10.1 Å². The van der Waals surface area contributed by atoms with Crippen LogP contribution in [0.1, 0.15) is 38.5 Å². The first-order chi connectivity index (χ1) is 7.36. The van der Waals surface area contributed by atoms with Crippen molar-refractivity contribution in [2.24, 2.45) is 0 Å². The van der Waals surface area contributed by atoms with E-state index in [1.54, 1.807) is 0 Å². The molecule has 0 unspecified atom stereocenters. The Labute approximate surface area is 91.6 Å². The predicted molar refractivity (Wildman–Crippen MR) is 51.8 cm³/mol. The Morgan fingerprint density at radius 3 is 1.38 bits per heavy atom. The maximum atomic E-state index is 10.0. The van der Waals surface area contributed by atoms with Gasteiger partial charge in [0, 0.05) is 12.8 Å². The lowest BCUT2D eigenvalue weighted by atomic mass is 10.1. The Kier molecular flexibility index (Phi) is 11.6. The summed E-state index contributed by atoms with van der Waals surface area (Å²) in [4.78, 5) is 28.5. The fraction of sp³-hybridized carbons (Fsp3) is 0.750. The van der Waals surface area contributed by atoms with Crippen LogP contribution < -0.4 is 0 Å². The minimum absolute atomic E-state index is 0.188. The van der Waals surface area contributed by atoms with E-state index in [1.807, 2.05) is 0 Å². The second-order valence-corrected chi connectivity index (χ2v) is 2.94. The van der Waals surface area contributed by atoms with Crippen LogP contribution in [0.5, 0.6) is 0 Å². The quantitative estimate of drug-likeness (QED) is 0.343. The van der Waals surface area contributed by atoms with Gasteiger partial charge >= 0.3 is 11.9 Å². The van der Waals surface area contributed by atoms with Crippen LogP contribution in [0.15, 0.2) is 0 Å². The standard InChI is InChI=1S/C8H14O4.HNO3/c9-7(10)5-3-1-2-4-6-8(11)12;2-1(3)4/h1-6H2,(H,9,10)(H,11,12);(H,2,3,4). The third kappa shape index (κ3) is 29.6. The number of unbranched alkanes of at least 4 members (excludes halogenated alkanes) is 3. The van der Waals surface area contributed by atoms with E-state index in [1.165, 1.54) is 0 Å². The molecule has 0 heterocycles. The van der Waals surface area contributed by atoms with E-state index >= 15 is 0 Å². The Morgan fingerprint density at radius 1 is 0.938 bits per heavy atom. The van der Waals surface area contributed by atoms with Gasteiger partial charge in [-0.2, -0.15) is 0 Å². The van der Waals surface area contributed by atoms with Gasteiger partial charge in [-0.1, -0.05) is 12.8 Å². The molecule has 0 radical (unpaired) electrons. The summed E-state index contributed by atoms with van der Waals surface area (Å²) in [5, 5.41) is 30.2. The van der Waals surface area contributed by atoms with Crippen LogP contribution in [0.3, 0.4) is 0 Å². The van der Waals surface area contributed by atoms with Crippen molar-refractivity contribution in [3.8, 4) is 0 Å². The van der Waals surface area contributed by atoms with E-state index in [9.17, 15) is 9.59 Å². The first-order valence-corrected chi connectivity index (χ1v) is 4.63. The lowest BCUT2D eigenvalue weighted by Gasteiger charge is -1.96. The highest BCUT2D eigenvalue weighted by atomic mass is 16.9. The molecule has 0 aliphatic heterocycles. The van der Waals surface area contributed by atoms with Crippen LogP contribution in [0.2, 0.25) is 0 Å². The van der Waals surface area contributed by atoms with Gasteiger partial charge < -0.3 is 15.4 Å². The van der Waals surface area contributed by atoms with Crippen LogP contribution in [0, 0.1) is 10.1 Å². The van der Waals surface area contributed by atoms with Crippen LogP contribution >= 0.6 is 0 Å². The van der Waals surface area contributed by atoms with Crippen molar-refractivity contribution in [2.75, 3.05) is 0 Å². The highest BCUT2D eigenvalue weighted by molar-refractivity contribution is 5.66. The Morgan fingerprint density at radius 2 is 1.19 bits per heavy atom. The Balaban J connectivity index is 0. The monoisotopic (exact) mass is 237 g/mol. The highest BCUT2D eigenvalue weighted by Gasteiger charge is 1.98. The molecule has 0 saturated carbocycles. The largest absolute Gasteiger partial charge is 0.481 e. The van der Waals surface area contributed by atoms with Crippen LogP contribution in [0.25, 0.3) is 0 Å². The van der Waals surface area contributed by atoms with Gasteiger partial charge in [0.2, 0.25) is 0 Å². The number of nitrogens with zero attached hydrogens (tertiary/aromatic N) is 1. The number of aliphatic carboxylic acids is 2. The Bertz CT molecular complexity index is 206. The molecule has 0 aliphatic rings. The summed E-state index contributed by atoms with van der Waals surface area (Å²) < 4.78 is 0. The average Bonchev–Trinajstić information content (AvgIpc) is 2.09. The molecule has 0 aromatic heterocycles. The van der Waals surface area contributed by atoms with E-state index in [4.69, 9.17) is 25.5 Å². The molecule has 0 amide bonds. The van der Waals surface area contributed by atoms with E-state index in [2.05, 4.69) is 0 Å². The third-order valence-corrected chi connectivity index (χ3v) is 1.53. The molecule has 94 valence electrons. The SMILES string of the molecule is O=C(O)CCCCCCC(=O)O.O=[N+]([O-])O. The van der Waals surface area contributed by atoms with E-state index in [-0.39, 0.29) is 12.8 Å². The highest BCUT2D eigenvalue weighted by Crippen LogP contribution is 2.04. The maximum absolute atomic E-state index is 10.0. The number of carboxylic acids is 2. The number of carboxylic acid groups (broad SMARTS) is 2. The van der Waals surface area contributed by atoms with Gasteiger partial charge in [-0.25, -0.2) is 0 Å². The minimum Gasteiger partial charge on any atom is -0.481 e. The molecular formula is C8H15NO7. The van der Waals surface area contributed by atoms with Crippen molar-refractivity contribution in [2.45, 2.75) is 38.5 Å². The molecule has 0 fully saturated rings. The first-order valence-electron chi connectivity index (χ1n) is 4.63. The number of carbonyl (C=O) groups is 2. The summed E-state index contributed by atoms with van der Waals surface area (Å²) in [5.74, 6) is -1.57. The lowest BCUT2D eigenvalue weighted by molar-refractivity contribution is -0.742. The zero-order valence-corrected chi connectivity index (χ0v) is 8.66. The fourth-order valence-corrected chi connectivity index (χ4v) is 0.906. The maximum Gasteiger partial charge on any atom is 0.303 e. The van der Waals surface area contributed by atoms with Crippen molar-refractivity contribution >= 4 is 11.9 Å². The van der Waals surface area contributed by atoms with Gasteiger partial charge in [0.15, 0.2) is 0 Å². The summed E-state index contributed by atoms with van der Waals surface area (Å²) in [7, 11) is 0. The Hall–Kier alpha value is -1.86. The van der Waals surface area contributed by atoms with E-state index in [0.29, 0.717) is 12.8 Å². The van der Waals surface area contributed by atoms with Gasteiger partial charge in [0.05, 0.1) is 0 Å². The summed E-state index contributed by atoms with van der Waals surface area (Å²) in [6.07, 6.45) is 3.28. The van der Waals surface area contributed by atoms with Crippen LogP contribution in [0.4, 0.5) is 0 Å². The van der Waals surface area contributed by atoms with Crippen LogP contribution in [-0.4, -0.2) is 32.4 Å². The van der Waals surface area contributed by atoms with Crippen molar-refractivity contribution in [1.82, 2.24) is 0 Å². The second kappa shape index (κ2) is 11.2. The summed E-state index contributed by atoms with van der Waals surface area (Å²) >= 11 is 0. The van der Waals surface area contributed by atoms with E-state index in [0.717, 1.165) is 12.8 Å². The van der Waals surface area contributed by atoms with E-state index < -0.39 is 17.0 Å². The third-order valence-electron chi connectivity index (χ3n) is 1.53. The molecule has 3 N–H and O–H groups in total. The van der Waals surface area contributed by atoms with Gasteiger partial charge in [-0.3, -0.25) is 9.59 Å². The van der Waals surface area contributed by atoms with Crippen molar-refractivity contribution in [1.29, 1.82) is 0 Å². The number of hydrogen-bond donors (Lipinski definition) is 3. The summed E-state index contributed by atoms with van der Waals surface area (Å²) in [6.45, 7) is 0. The molecule has 8 nitrogen and oxygen atoms in total. The number of hydrogen-bond acceptors (Lipinski definition) is 4. The molecule has 8 heteroatoms. The topological polar surface area (TPSA) is 138 Å². The second-order valence-electron chi connectivity index (χ2n) is 2.94. The smallest absolute Gasteiger partial charge is 0.303 e.